The number of benzene rings is 1. The molecule has 1 N–H and O–H groups in total. The van der Waals surface area contributed by atoms with Gasteiger partial charge in [0.05, 0.1) is 9.26 Å². The molecule has 2 aromatic rings. The molecule has 0 aliphatic heterocycles. The predicted molar refractivity (Wildman–Crippen MR) is 67.7 cm³/mol. The number of halogens is 1. The minimum atomic E-state index is -0.0815. The number of rotatable bonds is 1. The van der Waals surface area contributed by atoms with E-state index in [1.54, 1.807) is 0 Å². The van der Waals surface area contributed by atoms with Gasteiger partial charge in [-0.2, -0.15) is 0 Å². The molecular weight excluding hydrogens is 303 g/mol. The molecule has 1 aromatic heterocycles. The molecule has 0 fully saturated rings. The first-order valence-electron chi connectivity index (χ1n) is 4.50. The molecule has 15 heavy (non-hydrogen) atoms. The van der Waals surface area contributed by atoms with E-state index in [-0.39, 0.29) is 5.56 Å². The number of hydrogen-bond acceptors (Lipinski definition) is 2. The summed E-state index contributed by atoms with van der Waals surface area (Å²) in [6.45, 7) is 1.84. The van der Waals surface area contributed by atoms with Crippen molar-refractivity contribution in [3.05, 3.63) is 49.9 Å². The van der Waals surface area contributed by atoms with Gasteiger partial charge in [0, 0.05) is 5.56 Å². The minimum absolute atomic E-state index is 0.0815. The summed E-state index contributed by atoms with van der Waals surface area (Å²) >= 11 is 2.00. The van der Waals surface area contributed by atoms with Gasteiger partial charge < -0.3 is 4.98 Å². The summed E-state index contributed by atoms with van der Waals surface area (Å²) in [7, 11) is 0. The largest absolute Gasteiger partial charge is 0.306 e. The molecule has 0 unspecified atom stereocenters. The van der Waals surface area contributed by atoms with Crippen molar-refractivity contribution < 1.29 is 0 Å². The first kappa shape index (κ1) is 10.4. The van der Waals surface area contributed by atoms with Crippen molar-refractivity contribution >= 4 is 22.6 Å². The van der Waals surface area contributed by atoms with Crippen molar-refractivity contribution in [2.24, 2.45) is 0 Å². The molecule has 1 heterocycles. The summed E-state index contributed by atoms with van der Waals surface area (Å²) in [6, 6.07) is 9.61. The van der Waals surface area contributed by atoms with Gasteiger partial charge in [0.25, 0.3) is 5.56 Å². The van der Waals surface area contributed by atoms with Gasteiger partial charge in [0.2, 0.25) is 0 Å². The van der Waals surface area contributed by atoms with Gasteiger partial charge in [-0.25, -0.2) is 4.98 Å². The van der Waals surface area contributed by atoms with E-state index < -0.39 is 0 Å². The normalized spacial score (nSPS) is 10.3. The number of nitrogens with one attached hydrogen (secondary N) is 1. The summed E-state index contributed by atoms with van der Waals surface area (Å²) in [5, 5.41) is 0. The van der Waals surface area contributed by atoms with Gasteiger partial charge in [0.15, 0.2) is 0 Å². The topological polar surface area (TPSA) is 45.8 Å². The Labute approximate surface area is 101 Å². The van der Waals surface area contributed by atoms with E-state index in [2.05, 4.69) is 9.97 Å². The van der Waals surface area contributed by atoms with Crippen molar-refractivity contribution in [3.63, 3.8) is 0 Å². The van der Waals surface area contributed by atoms with Gasteiger partial charge in [-0.05, 0) is 29.5 Å². The molecule has 3 nitrogen and oxygen atoms in total. The van der Waals surface area contributed by atoms with Crippen molar-refractivity contribution in [1.29, 1.82) is 0 Å². The zero-order valence-corrected chi connectivity index (χ0v) is 10.3. The molecule has 0 saturated heterocycles. The van der Waals surface area contributed by atoms with Gasteiger partial charge in [-0.3, -0.25) is 4.79 Å². The highest BCUT2D eigenvalue weighted by atomic mass is 127. The first-order chi connectivity index (χ1) is 7.18. The van der Waals surface area contributed by atoms with Crippen molar-refractivity contribution in [2.45, 2.75) is 6.92 Å². The van der Waals surface area contributed by atoms with E-state index in [1.807, 2.05) is 59.8 Å². The maximum absolute atomic E-state index is 11.5. The lowest BCUT2D eigenvalue weighted by atomic mass is 10.2. The second-order valence-electron chi connectivity index (χ2n) is 3.18. The Morgan fingerprint density at radius 2 is 1.93 bits per heavy atom. The smallest absolute Gasteiger partial charge is 0.264 e. The Bertz CT molecular complexity index is 534. The summed E-state index contributed by atoms with van der Waals surface area (Å²) in [5.74, 6) is 0.624. The third-order valence-electron chi connectivity index (χ3n) is 2.08. The minimum Gasteiger partial charge on any atom is -0.306 e. The molecule has 0 aliphatic rings. The molecule has 0 bridgehead atoms. The lowest BCUT2D eigenvalue weighted by molar-refractivity contribution is 1.05. The Kier molecular flexibility index (Phi) is 2.86. The van der Waals surface area contributed by atoms with Gasteiger partial charge in [-0.15, -0.1) is 0 Å². The van der Waals surface area contributed by atoms with E-state index in [0.717, 1.165) is 11.3 Å². The Morgan fingerprint density at radius 3 is 2.53 bits per heavy atom. The standard InChI is InChI=1S/C11H9IN2O/c1-7-9(12)11(15)14-10(13-7)8-5-3-2-4-6-8/h2-6H,1H3,(H,13,14,15). The van der Waals surface area contributed by atoms with E-state index in [9.17, 15) is 4.79 Å². The predicted octanol–water partition coefficient (Wildman–Crippen LogP) is 2.35. The van der Waals surface area contributed by atoms with E-state index in [4.69, 9.17) is 0 Å². The van der Waals surface area contributed by atoms with Crippen LogP contribution in [0.3, 0.4) is 0 Å². The number of nitrogens with zero attached hydrogens (tertiary/aromatic N) is 1. The molecular formula is C11H9IN2O. The lowest BCUT2D eigenvalue weighted by Gasteiger charge is -2.02. The van der Waals surface area contributed by atoms with Crippen LogP contribution in [0.15, 0.2) is 35.1 Å². The SMILES string of the molecule is Cc1nc(-c2ccccc2)[nH]c(=O)c1I. The van der Waals surface area contributed by atoms with Gasteiger partial charge in [0.1, 0.15) is 5.82 Å². The molecule has 1 aromatic carbocycles. The average Bonchev–Trinajstić information content (AvgIpc) is 2.26. The maximum Gasteiger partial charge on any atom is 0.264 e. The third kappa shape index (κ3) is 2.09. The molecule has 0 radical (unpaired) electrons. The average molecular weight is 312 g/mol. The van der Waals surface area contributed by atoms with E-state index in [0.29, 0.717) is 9.39 Å². The van der Waals surface area contributed by atoms with E-state index in [1.165, 1.54) is 0 Å². The Hall–Kier alpha value is -1.17. The molecule has 0 amide bonds. The maximum atomic E-state index is 11.5. The summed E-state index contributed by atoms with van der Waals surface area (Å²) in [6.07, 6.45) is 0. The highest BCUT2D eigenvalue weighted by molar-refractivity contribution is 14.1. The van der Waals surface area contributed by atoms with Crippen LogP contribution < -0.4 is 5.56 Å². The molecule has 2 rings (SSSR count). The second kappa shape index (κ2) is 4.14. The first-order valence-corrected chi connectivity index (χ1v) is 5.58. The van der Waals surface area contributed by atoms with Gasteiger partial charge >= 0.3 is 0 Å². The zero-order chi connectivity index (χ0) is 10.8. The fourth-order valence-electron chi connectivity index (χ4n) is 1.30. The Balaban J connectivity index is 2.61. The van der Waals surface area contributed by atoms with Crippen LogP contribution in [-0.2, 0) is 0 Å². The van der Waals surface area contributed by atoms with Gasteiger partial charge in [-0.1, -0.05) is 30.3 Å². The monoisotopic (exact) mass is 312 g/mol. The van der Waals surface area contributed by atoms with Crippen LogP contribution in [0, 0.1) is 10.5 Å². The van der Waals surface area contributed by atoms with Crippen LogP contribution in [0.2, 0.25) is 0 Å². The molecule has 76 valence electrons. The van der Waals surface area contributed by atoms with Crippen LogP contribution >= 0.6 is 22.6 Å². The highest BCUT2D eigenvalue weighted by Gasteiger charge is 2.05. The fourth-order valence-corrected chi connectivity index (χ4v) is 1.56. The van der Waals surface area contributed by atoms with Crippen LogP contribution in [0.25, 0.3) is 11.4 Å². The van der Waals surface area contributed by atoms with Crippen molar-refractivity contribution in [1.82, 2.24) is 9.97 Å². The molecule has 4 heteroatoms. The summed E-state index contributed by atoms with van der Waals surface area (Å²) in [4.78, 5) is 18.6. The number of aromatic amines is 1. The second-order valence-corrected chi connectivity index (χ2v) is 4.26. The molecule has 0 spiro atoms. The van der Waals surface area contributed by atoms with Crippen LogP contribution in [0.1, 0.15) is 5.69 Å². The number of hydrogen-bond donors (Lipinski definition) is 1. The molecule has 0 aliphatic carbocycles. The van der Waals surface area contributed by atoms with Crippen LogP contribution in [0.4, 0.5) is 0 Å². The van der Waals surface area contributed by atoms with Crippen LogP contribution in [-0.4, -0.2) is 9.97 Å². The third-order valence-corrected chi connectivity index (χ3v) is 3.35. The molecule has 0 atom stereocenters. The van der Waals surface area contributed by atoms with Crippen LogP contribution in [0.5, 0.6) is 0 Å². The number of H-pyrrole nitrogens is 1. The lowest BCUT2D eigenvalue weighted by Crippen LogP contribution is -2.14. The fraction of sp³-hybridized carbons (Fsp3) is 0.0909. The highest BCUT2D eigenvalue weighted by Crippen LogP contribution is 2.13. The quantitative estimate of drug-likeness (QED) is 0.822. The zero-order valence-electron chi connectivity index (χ0n) is 8.12. The van der Waals surface area contributed by atoms with Crippen molar-refractivity contribution in [3.8, 4) is 11.4 Å². The van der Waals surface area contributed by atoms with Crippen molar-refractivity contribution in [2.75, 3.05) is 0 Å². The number of aryl methyl sites for hydroxylation is 1. The van der Waals surface area contributed by atoms with E-state index >= 15 is 0 Å². The summed E-state index contributed by atoms with van der Waals surface area (Å²) in [5.41, 5.74) is 1.61. The molecule has 0 saturated carbocycles. The number of aromatic nitrogens is 2. The summed E-state index contributed by atoms with van der Waals surface area (Å²) < 4.78 is 0.646. The Morgan fingerprint density at radius 1 is 1.27 bits per heavy atom.